The number of hydrogen-bond donors (Lipinski definition) is 1. The molecule has 3 aromatic rings. The number of aromatic nitrogens is 1. The fourth-order valence-corrected chi connectivity index (χ4v) is 3.65. The van der Waals surface area contributed by atoms with Gasteiger partial charge in [0.05, 0.1) is 18.3 Å². The Morgan fingerprint density at radius 3 is 2.26 bits per heavy atom. The molecule has 1 saturated heterocycles. The van der Waals surface area contributed by atoms with Gasteiger partial charge in [-0.15, -0.1) is 0 Å². The molecule has 1 aliphatic heterocycles. The minimum atomic E-state index is -0.0658. The summed E-state index contributed by atoms with van der Waals surface area (Å²) in [5.41, 5.74) is 3.53. The van der Waals surface area contributed by atoms with E-state index in [0.29, 0.717) is 25.2 Å². The van der Waals surface area contributed by atoms with Crippen molar-refractivity contribution in [1.29, 1.82) is 0 Å². The normalized spacial score (nSPS) is 13.7. The van der Waals surface area contributed by atoms with Gasteiger partial charge in [-0.1, -0.05) is 48.0 Å². The first kappa shape index (κ1) is 20.6. The molecule has 0 bridgehead atoms. The van der Waals surface area contributed by atoms with Crippen LogP contribution >= 0.6 is 0 Å². The molecule has 2 heterocycles. The summed E-state index contributed by atoms with van der Waals surface area (Å²) in [4.78, 5) is 33.5. The third-order valence-electron chi connectivity index (χ3n) is 5.43. The Hall–Kier alpha value is -3.67. The Morgan fingerprint density at radius 1 is 0.903 bits per heavy atom. The summed E-state index contributed by atoms with van der Waals surface area (Å²) in [7, 11) is 0. The number of hydrogen-bond acceptors (Lipinski definition) is 4. The van der Waals surface area contributed by atoms with Crippen molar-refractivity contribution in [3.8, 4) is 0 Å². The van der Waals surface area contributed by atoms with Crippen LogP contribution in [0, 0.1) is 6.92 Å². The zero-order valence-electron chi connectivity index (χ0n) is 17.6. The van der Waals surface area contributed by atoms with E-state index in [0.717, 1.165) is 35.6 Å². The quantitative estimate of drug-likeness (QED) is 0.694. The molecule has 31 heavy (non-hydrogen) atoms. The third-order valence-corrected chi connectivity index (χ3v) is 5.43. The van der Waals surface area contributed by atoms with E-state index in [-0.39, 0.29) is 11.8 Å². The van der Waals surface area contributed by atoms with E-state index in [1.165, 1.54) is 0 Å². The molecular formula is C25H26N4O2. The van der Waals surface area contributed by atoms with E-state index < -0.39 is 0 Å². The number of piperazine rings is 1. The van der Waals surface area contributed by atoms with Crippen LogP contribution in [0.1, 0.15) is 21.5 Å². The summed E-state index contributed by atoms with van der Waals surface area (Å²) in [6, 6.07) is 21.1. The fourth-order valence-electron chi connectivity index (χ4n) is 3.65. The highest BCUT2D eigenvalue weighted by Crippen LogP contribution is 2.18. The van der Waals surface area contributed by atoms with Crippen molar-refractivity contribution in [2.24, 2.45) is 0 Å². The van der Waals surface area contributed by atoms with E-state index in [2.05, 4.69) is 15.2 Å². The van der Waals surface area contributed by atoms with Crippen molar-refractivity contribution in [1.82, 2.24) is 9.88 Å². The van der Waals surface area contributed by atoms with Gasteiger partial charge in [0.1, 0.15) is 5.82 Å². The molecule has 0 unspecified atom stereocenters. The van der Waals surface area contributed by atoms with Crippen LogP contribution < -0.4 is 10.2 Å². The average molecular weight is 415 g/mol. The first-order valence-corrected chi connectivity index (χ1v) is 10.5. The Morgan fingerprint density at radius 2 is 1.61 bits per heavy atom. The predicted molar refractivity (Wildman–Crippen MR) is 122 cm³/mol. The lowest BCUT2D eigenvalue weighted by atomic mass is 10.1. The van der Waals surface area contributed by atoms with E-state index in [1.807, 2.05) is 78.6 Å². The van der Waals surface area contributed by atoms with Crippen LogP contribution in [0.3, 0.4) is 0 Å². The van der Waals surface area contributed by atoms with Gasteiger partial charge in [-0.3, -0.25) is 9.59 Å². The zero-order valence-corrected chi connectivity index (χ0v) is 17.6. The second kappa shape index (κ2) is 9.43. The lowest BCUT2D eigenvalue weighted by Gasteiger charge is -2.35. The summed E-state index contributed by atoms with van der Waals surface area (Å²) in [6.07, 6.45) is 2.02. The highest BCUT2D eigenvalue weighted by Gasteiger charge is 2.22. The second-order valence-corrected chi connectivity index (χ2v) is 7.76. The van der Waals surface area contributed by atoms with Crippen LogP contribution in [0.4, 0.5) is 11.5 Å². The number of anilines is 2. The maximum absolute atomic E-state index is 12.7. The monoisotopic (exact) mass is 414 g/mol. The van der Waals surface area contributed by atoms with Crippen molar-refractivity contribution < 1.29 is 9.59 Å². The largest absolute Gasteiger partial charge is 0.353 e. The van der Waals surface area contributed by atoms with Gasteiger partial charge >= 0.3 is 0 Å². The van der Waals surface area contributed by atoms with Crippen LogP contribution in [-0.2, 0) is 11.2 Å². The molecule has 6 heteroatoms. The molecule has 0 radical (unpaired) electrons. The molecule has 1 fully saturated rings. The van der Waals surface area contributed by atoms with E-state index in [4.69, 9.17) is 0 Å². The molecule has 1 N–H and O–H groups in total. The van der Waals surface area contributed by atoms with Gasteiger partial charge in [0.25, 0.3) is 5.91 Å². The van der Waals surface area contributed by atoms with Crippen LogP contribution in [0.2, 0.25) is 0 Å². The molecule has 0 spiro atoms. The lowest BCUT2D eigenvalue weighted by molar-refractivity contribution is -0.115. The number of carbonyl (C=O) groups excluding carboxylic acids is 2. The van der Waals surface area contributed by atoms with Gasteiger partial charge in [-0.2, -0.15) is 0 Å². The number of aryl methyl sites for hydroxylation is 1. The van der Waals surface area contributed by atoms with E-state index in [1.54, 1.807) is 6.20 Å². The van der Waals surface area contributed by atoms with Crippen molar-refractivity contribution >= 4 is 23.3 Å². The highest BCUT2D eigenvalue weighted by molar-refractivity contribution is 5.94. The Balaban J connectivity index is 1.29. The number of amides is 2. The molecule has 158 valence electrons. The molecule has 2 aromatic carbocycles. The summed E-state index contributed by atoms with van der Waals surface area (Å²) in [6.45, 7) is 4.78. The van der Waals surface area contributed by atoms with Gasteiger partial charge < -0.3 is 15.1 Å². The minimum absolute atomic E-state index is 0.0658. The molecule has 1 aromatic heterocycles. The summed E-state index contributed by atoms with van der Waals surface area (Å²) < 4.78 is 0. The topological polar surface area (TPSA) is 65.5 Å². The maximum Gasteiger partial charge on any atom is 0.253 e. The van der Waals surface area contributed by atoms with Gasteiger partial charge in [0.2, 0.25) is 5.91 Å². The minimum Gasteiger partial charge on any atom is -0.353 e. The number of nitrogens with one attached hydrogen (secondary N) is 1. The maximum atomic E-state index is 12.7. The molecule has 4 rings (SSSR count). The highest BCUT2D eigenvalue weighted by atomic mass is 16.2. The summed E-state index contributed by atoms with van der Waals surface area (Å²) in [5, 5.41) is 2.89. The number of carbonyl (C=O) groups is 2. The Labute approximate surface area is 182 Å². The van der Waals surface area contributed by atoms with Crippen molar-refractivity contribution in [2.75, 3.05) is 36.4 Å². The Bertz CT molecular complexity index is 1030. The van der Waals surface area contributed by atoms with E-state index in [9.17, 15) is 9.59 Å². The smallest absolute Gasteiger partial charge is 0.253 e. The first-order valence-electron chi connectivity index (χ1n) is 10.5. The summed E-state index contributed by atoms with van der Waals surface area (Å²) in [5.74, 6) is 0.858. The third kappa shape index (κ3) is 5.28. The van der Waals surface area contributed by atoms with Crippen molar-refractivity contribution in [3.63, 3.8) is 0 Å². The van der Waals surface area contributed by atoms with Crippen molar-refractivity contribution in [2.45, 2.75) is 13.3 Å². The van der Waals surface area contributed by atoms with Crippen LogP contribution in [0.5, 0.6) is 0 Å². The Kier molecular flexibility index (Phi) is 6.26. The summed E-state index contributed by atoms with van der Waals surface area (Å²) >= 11 is 0. The molecular weight excluding hydrogens is 388 g/mol. The fraction of sp³-hybridized carbons (Fsp3) is 0.240. The standard InChI is InChI=1S/C25H26N4O2/c1-19-7-9-21(10-8-19)25(31)29-15-13-28(14-16-29)23-12-11-22(18-26-23)27-24(30)17-20-5-3-2-4-6-20/h2-12,18H,13-17H2,1H3,(H,27,30). The van der Waals surface area contributed by atoms with Crippen molar-refractivity contribution in [3.05, 3.63) is 89.6 Å². The molecule has 0 atom stereocenters. The molecule has 6 nitrogen and oxygen atoms in total. The van der Waals surface area contributed by atoms with Gasteiger partial charge in [0.15, 0.2) is 0 Å². The van der Waals surface area contributed by atoms with Gasteiger partial charge in [0, 0.05) is 31.7 Å². The van der Waals surface area contributed by atoms with Crippen LogP contribution in [0.25, 0.3) is 0 Å². The molecule has 1 aliphatic rings. The SMILES string of the molecule is Cc1ccc(C(=O)N2CCN(c3ccc(NC(=O)Cc4ccccc4)cn3)CC2)cc1. The zero-order chi connectivity index (χ0) is 21.6. The second-order valence-electron chi connectivity index (χ2n) is 7.76. The molecule has 2 amide bonds. The predicted octanol–water partition coefficient (Wildman–Crippen LogP) is 3.53. The number of benzene rings is 2. The van der Waals surface area contributed by atoms with Gasteiger partial charge in [-0.05, 0) is 36.8 Å². The van der Waals surface area contributed by atoms with E-state index >= 15 is 0 Å². The number of rotatable bonds is 5. The first-order chi connectivity index (χ1) is 15.1. The number of nitrogens with zero attached hydrogens (tertiary/aromatic N) is 3. The van der Waals surface area contributed by atoms with Crippen LogP contribution in [-0.4, -0.2) is 47.9 Å². The molecule has 0 aliphatic carbocycles. The van der Waals surface area contributed by atoms with Crippen LogP contribution in [0.15, 0.2) is 72.9 Å². The van der Waals surface area contributed by atoms with Gasteiger partial charge in [-0.25, -0.2) is 4.98 Å². The number of pyridine rings is 1. The molecule has 0 saturated carbocycles. The lowest BCUT2D eigenvalue weighted by Crippen LogP contribution is -2.49. The average Bonchev–Trinajstić information content (AvgIpc) is 2.80.